The first-order valence-corrected chi connectivity index (χ1v) is 7.16. The Hall–Kier alpha value is -0.620. The lowest BCUT2D eigenvalue weighted by Gasteiger charge is -2.21. The van der Waals surface area contributed by atoms with Gasteiger partial charge < -0.3 is 5.73 Å². The molecule has 0 saturated carbocycles. The maximum absolute atomic E-state index is 12.0. The molecule has 0 bridgehead atoms. The Kier molecular flexibility index (Phi) is 4.94. The van der Waals surface area contributed by atoms with Gasteiger partial charge in [0.05, 0.1) is 5.25 Å². The van der Waals surface area contributed by atoms with Crippen molar-refractivity contribution in [3.63, 3.8) is 0 Å². The lowest BCUT2D eigenvalue weighted by Crippen LogP contribution is -2.38. The van der Waals surface area contributed by atoms with Crippen LogP contribution in [0.1, 0.15) is 12.5 Å². The minimum atomic E-state index is -3.35. The molecule has 4 nitrogen and oxygen atoms in total. The van der Waals surface area contributed by atoms with Crippen LogP contribution in [0.3, 0.4) is 0 Å². The molecule has 0 radical (unpaired) electrons. The van der Waals surface area contributed by atoms with Crippen LogP contribution in [0.25, 0.3) is 0 Å². The van der Waals surface area contributed by atoms with Gasteiger partial charge in [-0.15, -0.1) is 0 Å². The Bertz CT molecular complexity index is 476. The summed E-state index contributed by atoms with van der Waals surface area (Å²) in [5, 5.41) is -0.0232. The van der Waals surface area contributed by atoms with E-state index in [1.165, 1.54) is 11.4 Å². The van der Waals surface area contributed by atoms with E-state index in [4.69, 9.17) is 17.3 Å². The van der Waals surface area contributed by atoms with E-state index >= 15 is 0 Å². The van der Waals surface area contributed by atoms with Crippen molar-refractivity contribution in [1.82, 2.24) is 4.31 Å². The van der Waals surface area contributed by atoms with Gasteiger partial charge in [-0.3, -0.25) is 0 Å². The van der Waals surface area contributed by atoms with Crippen LogP contribution in [0.2, 0.25) is 5.02 Å². The summed E-state index contributed by atoms with van der Waals surface area (Å²) in [5.41, 5.74) is 6.17. The highest BCUT2D eigenvalue weighted by Crippen LogP contribution is 2.18. The van der Waals surface area contributed by atoms with Crippen molar-refractivity contribution < 1.29 is 8.42 Å². The SMILES string of the molecule is CC(CN)S(=O)(=O)N(C)Cc1ccccc1Cl. The van der Waals surface area contributed by atoms with Crippen molar-refractivity contribution in [2.24, 2.45) is 5.73 Å². The molecule has 1 aromatic carbocycles. The largest absolute Gasteiger partial charge is 0.329 e. The molecule has 1 aromatic rings. The molecule has 0 saturated heterocycles. The monoisotopic (exact) mass is 276 g/mol. The fourth-order valence-corrected chi connectivity index (χ4v) is 2.76. The summed E-state index contributed by atoms with van der Waals surface area (Å²) >= 11 is 5.99. The van der Waals surface area contributed by atoms with Gasteiger partial charge in [0.15, 0.2) is 0 Å². The average molecular weight is 277 g/mol. The molecular formula is C11H17ClN2O2S. The molecule has 0 spiro atoms. The number of halogens is 1. The minimum absolute atomic E-state index is 0.106. The molecule has 0 aliphatic carbocycles. The number of sulfonamides is 1. The molecule has 96 valence electrons. The Morgan fingerprint density at radius 3 is 2.53 bits per heavy atom. The lowest BCUT2D eigenvalue weighted by molar-refractivity contribution is 0.458. The standard InChI is InChI=1S/C11H17ClN2O2S/c1-9(7-13)17(15,16)14(2)8-10-5-3-4-6-11(10)12/h3-6,9H,7-8,13H2,1-2H3. The highest BCUT2D eigenvalue weighted by atomic mass is 35.5. The fourth-order valence-electron chi connectivity index (χ4n) is 1.39. The Balaban J connectivity index is 2.87. The fraction of sp³-hybridized carbons (Fsp3) is 0.455. The second-order valence-electron chi connectivity index (χ2n) is 3.94. The number of hydrogen-bond donors (Lipinski definition) is 1. The van der Waals surface area contributed by atoms with Gasteiger partial charge in [0.2, 0.25) is 10.0 Å². The summed E-state index contributed by atoms with van der Waals surface area (Å²) in [6.07, 6.45) is 0. The van der Waals surface area contributed by atoms with Crippen molar-refractivity contribution in [2.75, 3.05) is 13.6 Å². The van der Waals surface area contributed by atoms with Crippen LogP contribution in [0.5, 0.6) is 0 Å². The molecule has 1 atom stereocenters. The van der Waals surface area contributed by atoms with E-state index in [0.717, 1.165) is 5.56 Å². The topological polar surface area (TPSA) is 63.4 Å². The first-order valence-electron chi connectivity index (χ1n) is 5.28. The van der Waals surface area contributed by atoms with E-state index in [1.54, 1.807) is 13.0 Å². The van der Waals surface area contributed by atoms with E-state index in [-0.39, 0.29) is 13.1 Å². The zero-order valence-corrected chi connectivity index (χ0v) is 11.5. The van der Waals surface area contributed by atoms with Gasteiger partial charge in [0.1, 0.15) is 0 Å². The van der Waals surface area contributed by atoms with Gasteiger partial charge in [-0.2, -0.15) is 0 Å². The van der Waals surface area contributed by atoms with Crippen molar-refractivity contribution in [1.29, 1.82) is 0 Å². The third-order valence-corrected chi connectivity index (χ3v) is 5.20. The summed E-state index contributed by atoms with van der Waals surface area (Å²) in [6.45, 7) is 1.96. The predicted octanol–water partition coefficient (Wildman–Crippen LogP) is 1.45. The van der Waals surface area contributed by atoms with Crippen LogP contribution in [0.15, 0.2) is 24.3 Å². The zero-order chi connectivity index (χ0) is 13.1. The van der Waals surface area contributed by atoms with Gasteiger partial charge >= 0.3 is 0 Å². The van der Waals surface area contributed by atoms with E-state index < -0.39 is 15.3 Å². The highest BCUT2D eigenvalue weighted by molar-refractivity contribution is 7.89. The second-order valence-corrected chi connectivity index (χ2v) is 6.80. The van der Waals surface area contributed by atoms with Crippen molar-refractivity contribution in [3.05, 3.63) is 34.9 Å². The molecule has 6 heteroatoms. The lowest BCUT2D eigenvalue weighted by atomic mass is 10.2. The van der Waals surface area contributed by atoms with E-state index in [9.17, 15) is 8.42 Å². The molecule has 0 heterocycles. The summed E-state index contributed by atoms with van der Waals surface area (Å²) in [6, 6.07) is 7.18. The van der Waals surface area contributed by atoms with Crippen LogP contribution in [-0.4, -0.2) is 31.6 Å². The summed E-state index contributed by atoms with van der Waals surface area (Å²) in [4.78, 5) is 0. The zero-order valence-electron chi connectivity index (χ0n) is 9.93. The quantitative estimate of drug-likeness (QED) is 0.885. The average Bonchev–Trinajstić information content (AvgIpc) is 2.30. The van der Waals surface area contributed by atoms with E-state index in [0.29, 0.717) is 5.02 Å². The molecule has 0 aliphatic heterocycles. The highest BCUT2D eigenvalue weighted by Gasteiger charge is 2.25. The number of rotatable bonds is 5. The van der Waals surface area contributed by atoms with Crippen LogP contribution in [0, 0.1) is 0 Å². The van der Waals surface area contributed by atoms with Gasteiger partial charge in [-0.05, 0) is 18.6 Å². The van der Waals surface area contributed by atoms with Crippen molar-refractivity contribution in [3.8, 4) is 0 Å². The number of hydrogen-bond acceptors (Lipinski definition) is 3. The van der Waals surface area contributed by atoms with Gasteiger partial charge in [-0.1, -0.05) is 29.8 Å². The molecule has 2 N–H and O–H groups in total. The first-order chi connectivity index (χ1) is 7.89. The molecule has 0 aliphatic rings. The number of benzene rings is 1. The molecule has 1 unspecified atom stereocenters. The Labute approximate surface area is 107 Å². The molecule has 0 fully saturated rings. The molecule has 0 aromatic heterocycles. The van der Waals surface area contributed by atoms with Crippen molar-refractivity contribution in [2.45, 2.75) is 18.7 Å². The van der Waals surface area contributed by atoms with Crippen LogP contribution >= 0.6 is 11.6 Å². The van der Waals surface area contributed by atoms with E-state index in [2.05, 4.69) is 0 Å². The second kappa shape index (κ2) is 5.82. The predicted molar refractivity (Wildman–Crippen MR) is 70.4 cm³/mol. The van der Waals surface area contributed by atoms with Gasteiger partial charge in [0, 0.05) is 25.2 Å². The van der Waals surface area contributed by atoms with Gasteiger partial charge in [0.25, 0.3) is 0 Å². The maximum Gasteiger partial charge on any atom is 0.218 e. The summed E-state index contributed by atoms with van der Waals surface area (Å²) in [5.74, 6) is 0. The normalized spacial score (nSPS) is 13.9. The number of nitrogens with two attached hydrogens (primary N) is 1. The number of nitrogens with zero attached hydrogens (tertiary/aromatic N) is 1. The van der Waals surface area contributed by atoms with Crippen LogP contribution < -0.4 is 5.73 Å². The Morgan fingerprint density at radius 2 is 2.00 bits per heavy atom. The summed E-state index contributed by atoms with van der Waals surface area (Å²) in [7, 11) is -1.82. The molecule has 17 heavy (non-hydrogen) atoms. The maximum atomic E-state index is 12.0. The minimum Gasteiger partial charge on any atom is -0.329 e. The molecule has 0 amide bonds. The first kappa shape index (κ1) is 14.4. The molecule has 1 rings (SSSR count). The molecular weight excluding hydrogens is 260 g/mol. The Morgan fingerprint density at radius 1 is 1.41 bits per heavy atom. The van der Waals surface area contributed by atoms with Crippen LogP contribution in [0.4, 0.5) is 0 Å². The smallest absolute Gasteiger partial charge is 0.218 e. The summed E-state index contributed by atoms with van der Waals surface area (Å²) < 4.78 is 25.2. The third kappa shape index (κ3) is 3.42. The third-order valence-electron chi connectivity index (χ3n) is 2.63. The van der Waals surface area contributed by atoms with E-state index in [1.807, 2.05) is 18.2 Å². The van der Waals surface area contributed by atoms with Crippen LogP contribution in [-0.2, 0) is 16.6 Å². The van der Waals surface area contributed by atoms with Crippen molar-refractivity contribution >= 4 is 21.6 Å². The van der Waals surface area contributed by atoms with Gasteiger partial charge in [-0.25, -0.2) is 12.7 Å².